The van der Waals surface area contributed by atoms with Crippen molar-refractivity contribution >= 4 is 38.1 Å². The van der Waals surface area contributed by atoms with Crippen LogP contribution in [0, 0.1) is 0 Å². The molecule has 0 radical (unpaired) electrons. The van der Waals surface area contributed by atoms with Crippen molar-refractivity contribution in [2.45, 2.75) is 109 Å². The average Bonchev–Trinajstić information content (AvgIpc) is 2.79. The number of hydrogen-bond donors (Lipinski definition) is 1. The van der Waals surface area contributed by atoms with E-state index in [1.165, 1.54) is 21.0 Å². The number of esters is 4. The second-order valence-electron chi connectivity index (χ2n) is 10.9. The summed E-state index contributed by atoms with van der Waals surface area (Å²) in [6.07, 6.45) is -5.66. The van der Waals surface area contributed by atoms with E-state index in [0.29, 0.717) is 0 Å². The predicted octanol–water partition coefficient (Wildman–Crippen LogP) is 1.61. The van der Waals surface area contributed by atoms with Crippen molar-refractivity contribution in [1.82, 2.24) is 5.32 Å². The van der Waals surface area contributed by atoms with Gasteiger partial charge >= 0.3 is 23.9 Å². The standard InChI is InChI=1S/C25H43NO12Si/c1-14(27)26-20-18(35-15(2)28)12-25(33-9,23(31)32-8)38-22(20)21(37-17(4)30)19(36-16(3)29)13-34-39(10,11)24(5,6)7/h18-22H,12-13H2,1-11H3,(H,26,27)/t18-,19-,20-,21-,22?,25+/m1/s1. The first-order chi connectivity index (χ1) is 17.8. The van der Waals surface area contributed by atoms with Gasteiger partial charge in [-0.25, -0.2) is 4.79 Å². The summed E-state index contributed by atoms with van der Waals surface area (Å²) in [6, 6.07) is -1.16. The lowest BCUT2D eigenvalue weighted by molar-refractivity contribution is -0.307. The lowest BCUT2D eigenvalue weighted by Gasteiger charge is -2.48. The fraction of sp³-hybridized carbons (Fsp3) is 0.800. The highest BCUT2D eigenvalue weighted by atomic mass is 28.4. The van der Waals surface area contributed by atoms with Gasteiger partial charge in [-0.05, 0) is 18.1 Å². The van der Waals surface area contributed by atoms with Crippen LogP contribution in [0.15, 0.2) is 0 Å². The number of hydrogen-bond acceptors (Lipinski definition) is 12. The van der Waals surface area contributed by atoms with Gasteiger partial charge in [-0.3, -0.25) is 19.2 Å². The first kappa shape index (κ1) is 34.5. The van der Waals surface area contributed by atoms with Gasteiger partial charge in [0.1, 0.15) is 12.2 Å². The Bertz CT molecular complexity index is 917. The smallest absolute Gasteiger partial charge is 0.366 e. The molecule has 1 rings (SSSR count). The predicted molar refractivity (Wildman–Crippen MR) is 139 cm³/mol. The molecule has 0 aromatic carbocycles. The Kier molecular flexibility index (Phi) is 12.1. The Morgan fingerprint density at radius 2 is 1.54 bits per heavy atom. The zero-order valence-electron chi connectivity index (χ0n) is 24.7. The highest BCUT2D eigenvalue weighted by molar-refractivity contribution is 6.74. The van der Waals surface area contributed by atoms with Crippen LogP contribution in [-0.2, 0) is 56.8 Å². The number of amides is 1. The Labute approximate surface area is 230 Å². The van der Waals surface area contributed by atoms with Gasteiger partial charge in [-0.15, -0.1) is 0 Å². The van der Waals surface area contributed by atoms with Crippen molar-refractivity contribution < 1.29 is 56.8 Å². The summed E-state index contributed by atoms with van der Waals surface area (Å²) in [6.45, 7) is 14.5. The van der Waals surface area contributed by atoms with E-state index in [1.807, 2.05) is 33.9 Å². The quantitative estimate of drug-likeness (QED) is 0.215. The van der Waals surface area contributed by atoms with Crippen LogP contribution < -0.4 is 5.32 Å². The van der Waals surface area contributed by atoms with Gasteiger partial charge in [-0.2, -0.15) is 0 Å². The zero-order valence-corrected chi connectivity index (χ0v) is 25.7. The van der Waals surface area contributed by atoms with E-state index >= 15 is 0 Å². The van der Waals surface area contributed by atoms with Crippen molar-refractivity contribution in [3.8, 4) is 0 Å². The molecule has 0 spiro atoms. The first-order valence-corrected chi connectivity index (χ1v) is 15.4. The SMILES string of the molecule is COC(=O)[C@]1(OC)C[C@@H](OC(C)=O)[C@@H](NC(C)=O)C([C@H](OC(C)=O)[C@@H](CO[Si](C)(C)C(C)(C)C)OC(C)=O)O1. The second-order valence-corrected chi connectivity index (χ2v) is 15.7. The van der Waals surface area contributed by atoms with Crippen molar-refractivity contribution in [3.63, 3.8) is 0 Å². The van der Waals surface area contributed by atoms with Crippen LogP contribution in [0.4, 0.5) is 0 Å². The Morgan fingerprint density at radius 1 is 0.974 bits per heavy atom. The molecule has 1 saturated heterocycles. The van der Waals surface area contributed by atoms with Crippen molar-refractivity contribution in [1.29, 1.82) is 0 Å². The number of carbonyl (C=O) groups excluding carboxylic acids is 5. The fourth-order valence-electron chi connectivity index (χ4n) is 3.92. The van der Waals surface area contributed by atoms with Gasteiger partial charge in [0.25, 0.3) is 5.79 Å². The molecule has 13 nitrogen and oxygen atoms in total. The van der Waals surface area contributed by atoms with Gasteiger partial charge in [-0.1, -0.05) is 20.8 Å². The summed E-state index contributed by atoms with van der Waals surface area (Å²) in [5.41, 5.74) is 0. The summed E-state index contributed by atoms with van der Waals surface area (Å²) >= 11 is 0. The molecule has 39 heavy (non-hydrogen) atoms. The largest absolute Gasteiger partial charge is 0.465 e. The second kappa shape index (κ2) is 13.7. The maximum atomic E-state index is 12.9. The van der Waals surface area contributed by atoms with Gasteiger partial charge in [0.05, 0.1) is 26.2 Å². The van der Waals surface area contributed by atoms with Gasteiger partial charge < -0.3 is 38.2 Å². The van der Waals surface area contributed by atoms with Crippen molar-refractivity contribution in [3.05, 3.63) is 0 Å². The minimum atomic E-state index is -2.40. The molecule has 1 N–H and O–H groups in total. The molecule has 1 heterocycles. The van der Waals surface area contributed by atoms with E-state index in [4.69, 9.17) is 32.8 Å². The maximum Gasteiger partial charge on any atom is 0.366 e. The number of nitrogens with one attached hydrogen (secondary N) is 1. The van der Waals surface area contributed by atoms with Crippen molar-refractivity contribution in [2.75, 3.05) is 20.8 Å². The molecule has 1 aliphatic heterocycles. The van der Waals surface area contributed by atoms with E-state index < -0.39 is 74.3 Å². The monoisotopic (exact) mass is 577 g/mol. The average molecular weight is 578 g/mol. The third-order valence-corrected chi connectivity index (χ3v) is 11.3. The van der Waals surface area contributed by atoms with Crippen molar-refractivity contribution in [2.24, 2.45) is 0 Å². The van der Waals surface area contributed by atoms with Crippen LogP contribution in [0.3, 0.4) is 0 Å². The Hall–Kier alpha value is -2.55. The summed E-state index contributed by atoms with van der Waals surface area (Å²) in [5.74, 6) is -5.80. The lowest BCUT2D eigenvalue weighted by Crippen LogP contribution is -2.69. The van der Waals surface area contributed by atoms with E-state index in [0.717, 1.165) is 21.0 Å². The highest BCUT2D eigenvalue weighted by Crippen LogP contribution is 2.39. The minimum absolute atomic E-state index is 0.197. The number of methoxy groups -OCH3 is 2. The minimum Gasteiger partial charge on any atom is -0.465 e. The fourth-order valence-corrected chi connectivity index (χ4v) is 4.93. The number of ether oxygens (including phenoxy) is 6. The van der Waals surface area contributed by atoms with Gasteiger partial charge in [0.15, 0.2) is 20.5 Å². The van der Waals surface area contributed by atoms with E-state index in [9.17, 15) is 24.0 Å². The van der Waals surface area contributed by atoms with E-state index in [2.05, 4.69) is 5.32 Å². The molecule has 0 aliphatic carbocycles. The Morgan fingerprint density at radius 3 is 1.95 bits per heavy atom. The van der Waals surface area contributed by atoms with Crippen LogP contribution in [0.5, 0.6) is 0 Å². The molecular weight excluding hydrogens is 534 g/mol. The summed E-state index contributed by atoms with van der Waals surface area (Å²) in [7, 11) is -0.107. The molecule has 0 aromatic heterocycles. The molecule has 1 fully saturated rings. The maximum absolute atomic E-state index is 12.9. The lowest BCUT2D eigenvalue weighted by atomic mass is 9.88. The summed E-state index contributed by atoms with van der Waals surface area (Å²) < 4.78 is 39.4. The number of rotatable bonds is 11. The molecule has 224 valence electrons. The molecule has 6 atom stereocenters. The van der Waals surface area contributed by atoms with Crippen LogP contribution in [-0.4, -0.2) is 95.2 Å². The number of carbonyl (C=O) groups is 5. The van der Waals surface area contributed by atoms with E-state index in [1.54, 1.807) is 0 Å². The molecule has 0 aromatic rings. The highest BCUT2D eigenvalue weighted by Gasteiger charge is 2.59. The molecular formula is C25H43NO12Si. The normalized spacial score (nSPS) is 25.1. The Balaban J connectivity index is 3.77. The first-order valence-electron chi connectivity index (χ1n) is 12.5. The van der Waals surface area contributed by atoms with Crippen LogP contribution >= 0.6 is 0 Å². The summed E-state index contributed by atoms with van der Waals surface area (Å²) in [4.78, 5) is 61.6. The zero-order chi connectivity index (χ0) is 30.3. The van der Waals surface area contributed by atoms with E-state index in [-0.39, 0.29) is 18.1 Å². The third-order valence-electron chi connectivity index (χ3n) is 6.79. The molecule has 0 bridgehead atoms. The molecule has 14 heteroatoms. The molecule has 0 saturated carbocycles. The van der Waals surface area contributed by atoms with Crippen LogP contribution in [0.1, 0.15) is 54.9 Å². The van der Waals surface area contributed by atoms with Crippen LogP contribution in [0.25, 0.3) is 0 Å². The van der Waals surface area contributed by atoms with Gasteiger partial charge in [0, 0.05) is 34.8 Å². The molecule has 1 unspecified atom stereocenters. The molecule has 1 aliphatic rings. The van der Waals surface area contributed by atoms with Crippen LogP contribution in [0.2, 0.25) is 18.1 Å². The topological polar surface area (TPSA) is 162 Å². The summed E-state index contributed by atoms with van der Waals surface area (Å²) in [5, 5.41) is 2.44. The molecule has 1 amide bonds. The third kappa shape index (κ3) is 9.26. The van der Waals surface area contributed by atoms with Gasteiger partial charge in [0.2, 0.25) is 5.91 Å².